The lowest BCUT2D eigenvalue weighted by Crippen LogP contribution is -2.25. The van der Waals surface area contributed by atoms with Crippen LogP contribution in [0.4, 0.5) is 31.5 Å². The van der Waals surface area contributed by atoms with Gasteiger partial charge in [-0.3, -0.25) is 4.57 Å². The fraction of sp³-hybridized carbons (Fsp3) is 0.159. The quantitative estimate of drug-likeness (QED) is 0.152. The van der Waals surface area contributed by atoms with E-state index in [1.807, 2.05) is 30.5 Å². The van der Waals surface area contributed by atoms with Crippen LogP contribution < -0.4 is 14.5 Å². The minimum atomic E-state index is -0.300. The molecule has 8 aromatic carbocycles. The molecule has 1 aliphatic rings. The summed E-state index contributed by atoms with van der Waals surface area (Å²) in [5, 5.41) is 2.26. The fourth-order valence-corrected chi connectivity index (χ4v) is 9.94. The van der Waals surface area contributed by atoms with E-state index in [2.05, 4.69) is 196 Å². The van der Waals surface area contributed by atoms with Gasteiger partial charge in [-0.05, 0) is 148 Å². The number of ether oxygens (including phenoxy) is 1. The van der Waals surface area contributed by atoms with E-state index in [0.29, 0.717) is 18.2 Å². The second kappa shape index (κ2) is 17.2. The van der Waals surface area contributed by atoms with Crippen LogP contribution >= 0.6 is 0 Å². The number of hydrogen-bond donors (Lipinski definition) is 0. The highest BCUT2D eigenvalue weighted by atomic mass is 19.1. The Kier molecular flexibility index (Phi) is 10.9. The Balaban J connectivity index is 1.07. The van der Waals surface area contributed by atoms with Crippen molar-refractivity contribution in [2.24, 2.45) is 0 Å². The van der Waals surface area contributed by atoms with E-state index >= 15 is 0 Å². The maximum atomic E-state index is 14.6. The number of rotatable bonds is 8. The van der Waals surface area contributed by atoms with Crippen molar-refractivity contribution >= 4 is 44.6 Å². The van der Waals surface area contributed by atoms with Crippen molar-refractivity contribution in [2.75, 3.05) is 16.5 Å². The second-order valence-corrected chi connectivity index (χ2v) is 20.5. The Morgan fingerprint density at radius 1 is 0.486 bits per heavy atom. The number of anilines is 4. The average Bonchev–Trinajstić information content (AvgIpc) is 3.89. The van der Waals surface area contributed by atoms with Crippen LogP contribution in [0.3, 0.4) is 0 Å². The molecule has 11 rings (SSSR count). The smallest absolute Gasteiger partial charge is 0.137 e. The van der Waals surface area contributed by atoms with Gasteiger partial charge in [-0.15, -0.1) is 0 Å². The standard InChI is InChI=1S/C63H54F2N4O/c1-40-14-8-9-15-51(40)43-32-48(37-50(33-43)70-49-28-29-53-52-16-10-11-17-56(52)69(59(53)38-49)60-36-44(30-31-66-60)62(2,3)4)67-39-68(58-19-13-12-18-57(58)67)61-54(41-20-24-46(64)25-21-41)34-45(63(5,6)7)35-55(61)42-22-26-47(65)27-23-42/h8-38H,39H2,1-7H3. The van der Waals surface area contributed by atoms with Gasteiger partial charge in [-0.25, -0.2) is 13.8 Å². The number of aryl methyl sites for hydroxylation is 1. The average molecular weight is 921 g/mol. The molecular formula is C63H54F2N4O. The zero-order valence-electron chi connectivity index (χ0n) is 40.6. The van der Waals surface area contributed by atoms with E-state index in [1.165, 1.54) is 29.8 Å². The van der Waals surface area contributed by atoms with Crippen molar-refractivity contribution in [2.45, 2.75) is 59.3 Å². The van der Waals surface area contributed by atoms with Gasteiger partial charge in [0.1, 0.15) is 35.6 Å². The maximum absolute atomic E-state index is 14.6. The first-order valence-corrected chi connectivity index (χ1v) is 23.9. The van der Waals surface area contributed by atoms with Crippen LogP contribution in [-0.2, 0) is 10.8 Å². The van der Waals surface area contributed by atoms with Gasteiger partial charge in [0.15, 0.2) is 0 Å². The molecule has 0 saturated carbocycles. The van der Waals surface area contributed by atoms with Gasteiger partial charge in [-0.1, -0.05) is 120 Å². The molecule has 10 aromatic rings. The van der Waals surface area contributed by atoms with Gasteiger partial charge in [-0.2, -0.15) is 0 Å². The van der Waals surface area contributed by atoms with Gasteiger partial charge < -0.3 is 14.5 Å². The summed E-state index contributed by atoms with van der Waals surface area (Å²) < 4.78 is 38.5. The summed E-state index contributed by atoms with van der Waals surface area (Å²) in [4.78, 5) is 9.59. The number of fused-ring (bicyclic) bond motifs is 4. The van der Waals surface area contributed by atoms with Crippen molar-refractivity contribution < 1.29 is 13.5 Å². The van der Waals surface area contributed by atoms with Gasteiger partial charge in [0.25, 0.3) is 0 Å². The van der Waals surface area contributed by atoms with Crippen molar-refractivity contribution in [3.8, 4) is 50.7 Å². The van der Waals surface area contributed by atoms with Crippen molar-refractivity contribution in [1.82, 2.24) is 9.55 Å². The Morgan fingerprint density at radius 2 is 1.09 bits per heavy atom. The first-order chi connectivity index (χ1) is 33.7. The minimum absolute atomic E-state index is 0.0515. The fourth-order valence-electron chi connectivity index (χ4n) is 9.94. The van der Waals surface area contributed by atoms with Crippen LogP contribution in [0, 0.1) is 18.6 Å². The van der Waals surface area contributed by atoms with Crippen LogP contribution in [-0.4, -0.2) is 16.2 Å². The summed E-state index contributed by atoms with van der Waals surface area (Å²) in [6.45, 7) is 15.8. The number of para-hydroxylation sites is 3. The molecule has 0 N–H and O–H groups in total. The summed E-state index contributed by atoms with van der Waals surface area (Å²) in [6.07, 6.45) is 1.90. The zero-order valence-corrected chi connectivity index (χ0v) is 40.6. The van der Waals surface area contributed by atoms with Crippen LogP contribution in [0.25, 0.3) is 61.0 Å². The molecule has 5 nitrogen and oxygen atoms in total. The number of hydrogen-bond acceptors (Lipinski definition) is 4. The normalized spacial score (nSPS) is 12.8. The molecule has 0 saturated heterocycles. The lowest BCUT2D eigenvalue weighted by atomic mass is 9.82. The van der Waals surface area contributed by atoms with Crippen LogP contribution in [0.2, 0.25) is 0 Å². The summed E-state index contributed by atoms with van der Waals surface area (Å²) in [6, 6.07) is 60.4. The third-order valence-corrected chi connectivity index (χ3v) is 13.7. The predicted molar refractivity (Wildman–Crippen MR) is 285 cm³/mol. The summed E-state index contributed by atoms with van der Waals surface area (Å²) in [5.41, 5.74) is 15.0. The molecule has 0 atom stereocenters. The number of benzene rings is 8. The molecule has 1 aliphatic heterocycles. The highest BCUT2D eigenvalue weighted by Gasteiger charge is 2.33. The predicted octanol–water partition coefficient (Wildman–Crippen LogP) is 17.4. The van der Waals surface area contributed by atoms with Crippen molar-refractivity contribution in [1.29, 1.82) is 0 Å². The van der Waals surface area contributed by atoms with Gasteiger partial charge in [0, 0.05) is 45.9 Å². The van der Waals surface area contributed by atoms with Crippen LogP contribution in [0.1, 0.15) is 58.2 Å². The van der Waals surface area contributed by atoms with Crippen molar-refractivity contribution in [3.05, 3.63) is 217 Å². The minimum Gasteiger partial charge on any atom is -0.457 e. The topological polar surface area (TPSA) is 33.5 Å². The largest absolute Gasteiger partial charge is 0.457 e. The van der Waals surface area contributed by atoms with Gasteiger partial charge >= 0.3 is 0 Å². The number of aromatic nitrogens is 2. The molecule has 0 spiro atoms. The number of nitrogens with zero attached hydrogens (tertiary/aromatic N) is 4. The molecule has 7 heteroatoms. The molecule has 346 valence electrons. The molecule has 3 heterocycles. The van der Waals surface area contributed by atoms with E-state index < -0.39 is 0 Å². The lowest BCUT2D eigenvalue weighted by molar-refractivity contribution is 0.483. The Bertz CT molecular complexity index is 3550. The second-order valence-electron chi connectivity index (χ2n) is 20.5. The van der Waals surface area contributed by atoms with E-state index in [1.54, 1.807) is 0 Å². The zero-order chi connectivity index (χ0) is 48.5. The van der Waals surface area contributed by atoms with Crippen LogP contribution in [0.5, 0.6) is 11.5 Å². The van der Waals surface area contributed by atoms with E-state index in [-0.39, 0.29) is 22.5 Å². The Hall–Kier alpha value is -8.03. The van der Waals surface area contributed by atoms with E-state index in [4.69, 9.17) is 9.72 Å². The highest BCUT2D eigenvalue weighted by molar-refractivity contribution is 6.09. The summed E-state index contributed by atoms with van der Waals surface area (Å²) >= 11 is 0. The SMILES string of the molecule is Cc1ccccc1-c1cc(Oc2ccc3c4ccccc4n(-c4cc(C(C)(C)C)ccn4)c3c2)cc(N2CN(c3c(-c4ccc(F)cc4)cc(C(C)(C)C)cc3-c3ccc(F)cc3)c3ccccc32)c1. The number of halogens is 2. The van der Waals surface area contributed by atoms with E-state index in [9.17, 15) is 8.78 Å². The Labute approximate surface area is 408 Å². The van der Waals surface area contributed by atoms with Crippen LogP contribution in [0.15, 0.2) is 188 Å². The molecule has 0 fully saturated rings. The van der Waals surface area contributed by atoms with E-state index in [0.717, 1.165) is 94.9 Å². The summed E-state index contributed by atoms with van der Waals surface area (Å²) in [5.74, 6) is 1.65. The first-order valence-electron chi connectivity index (χ1n) is 23.9. The first kappa shape index (κ1) is 44.5. The third kappa shape index (κ3) is 8.15. The maximum Gasteiger partial charge on any atom is 0.137 e. The third-order valence-electron chi connectivity index (χ3n) is 13.7. The van der Waals surface area contributed by atoms with Gasteiger partial charge in [0.05, 0.1) is 28.1 Å². The molecule has 70 heavy (non-hydrogen) atoms. The molecule has 2 aromatic heterocycles. The Morgan fingerprint density at radius 3 is 1.74 bits per heavy atom. The molecule has 0 radical (unpaired) electrons. The molecular weight excluding hydrogens is 867 g/mol. The molecule has 0 aliphatic carbocycles. The monoisotopic (exact) mass is 920 g/mol. The molecule has 0 bridgehead atoms. The summed E-state index contributed by atoms with van der Waals surface area (Å²) in [7, 11) is 0. The van der Waals surface area contributed by atoms with Gasteiger partial charge in [0.2, 0.25) is 0 Å². The molecule has 0 amide bonds. The highest BCUT2D eigenvalue weighted by Crippen LogP contribution is 2.52. The molecule has 0 unspecified atom stereocenters. The number of pyridine rings is 1. The lowest BCUT2D eigenvalue weighted by Gasteiger charge is -2.30. The van der Waals surface area contributed by atoms with Crippen molar-refractivity contribution in [3.63, 3.8) is 0 Å².